The minimum absolute atomic E-state index is 0.0812. The minimum atomic E-state index is -1.07. The molecule has 0 saturated carbocycles. The predicted molar refractivity (Wildman–Crippen MR) is 114 cm³/mol. The Bertz CT molecular complexity index is 1260. The molecule has 0 aliphatic carbocycles. The van der Waals surface area contributed by atoms with Gasteiger partial charge in [-0.2, -0.15) is 0 Å². The molecule has 0 aliphatic rings. The van der Waals surface area contributed by atoms with E-state index >= 15 is 0 Å². The van der Waals surface area contributed by atoms with E-state index in [-0.39, 0.29) is 23.1 Å². The SMILES string of the molecule is CCCc1cc(F)c(C#Cc2cc(F)c(C#Cc3cc(F)c(CC)c(F)c3)c(F)c2)c(F)c1. The van der Waals surface area contributed by atoms with Crippen molar-refractivity contribution in [2.75, 3.05) is 0 Å². The Morgan fingerprint density at radius 3 is 1.33 bits per heavy atom. The molecule has 3 aromatic carbocycles. The molecule has 0 spiro atoms. The van der Waals surface area contributed by atoms with Crippen molar-refractivity contribution in [3.05, 3.63) is 105 Å². The lowest BCUT2D eigenvalue weighted by molar-refractivity contribution is 0.558. The summed E-state index contributed by atoms with van der Waals surface area (Å²) in [4.78, 5) is 0. The molecule has 0 aromatic heterocycles. The van der Waals surface area contributed by atoms with Gasteiger partial charge in [0.15, 0.2) is 0 Å². The molecular weight excluding hydrogens is 438 g/mol. The summed E-state index contributed by atoms with van der Waals surface area (Å²) in [5, 5.41) is 0. The maximum Gasteiger partial charge on any atom is 0.143 e. The van der Waals surface area contributed by atoms with E-state index < -0.39 is 46.0 Å². The highest BCUT2D eigenvalue weighted by Crippen LogP contribution is 2.19. The fourth-order valence-corrected chi connectivity index (χ4v) is 3.23. The summed E-state index contributed by atoms with van der Waals surface area (Å²) in [6.45, 7) is 3.46. The third-order valence-electron chi connectivity index (χ3n) is 4.84. The molecule has 3 aromatic rings. The summed E-state index contributed by atoms with van der Waals surface area (Å²) in [6.07, 6.45) is 1.36. The molecule has 0 unspecified atom stereocenters. The Morgan fingerprint density at radius 2 is 0.939 bits per heavy atom. The molecule has 6 heteroatoms. The van der Waals surface area contributed by atoms with Crippen molar-refractivity contribution in [3.63, 3.8) is 0 Å². The highest BCUT2D eigenvalue weighted by Gasteiger charge is 2.12. The molecule has 0 atom stereocenters. The topological polar surface area (TPSA) is 0 Å². The second-order valence-corrected chi connectivity index (χ2v) is 7.27. The van der Waals surface area contributed by atoms with E-state index in [4.69, 9.17) is 0 Å². The number of hydrogen-bond acceptors (Lipinski definition) is 0. The third kappa shape index (κ3) is 5.59. The standard InChI is InChI=1S/C27H18F6/c1-3-5-16-10-24(30)20(25(31)11-16)9-7-18-14-26(32)21(27(33)15-18)8-6-17-12-22(28)19(4-2)23(29)13-17/h10-15H,3-5H2,1-2H3. The Balaban J connectivity index is 1.92. The lowest BCUT2D eigenvalue weighted by Gasteiger charge is -2.03. The van der Waals surface area contributed by atoms with Crippen molar-refractivity contribution in [2.45, 2.75) is 33.1 Å². The summed E-state index contributed by atoms with van der Waals surface area (Å²) < 4.78 is 84.9. The summed E-state index contributed by atoms with van der Waals surface area (Å²) in [5.74, 6) is 3.73. The Labute approximate surface area is 188 Å². The highest BCUT2D eigenvalue weighted by atomic mass is 19.2. The molecule has 0 bridgehead atoms. The van der Waals surface area contributed by atoms with Crippen molar-refractivity contribution in [2.24, 2.45) is 0 Å². The van der Waals surface area contributed by atoms with Crippen LogP contribution in [0, 0.1) is 58.6 Å². The quantitative estimate of drug-likeness (QED) is 0.299. The zero-order valence-electron chi connectivity index (χ0n) is 17.9. The van der Waals surface area contributed by atoms with Gasteiger partial charge in [0.05, 0.1) is 11.1 Å². The average molecular weight is 456 g/mol. The normalized spacial score (nSPS) is 10.3. The molecule has 3 rings (SSSR count). The van der Waals surface area contributed by atoms with Gasteiger partial charge in [-0.1, -0.05) is 44.0 Å². The van der Waals surface area contributed by atoms with Gasteiger partial charge in [-0.15, -0.1) is 0 Å². The van der Waals surface area contributed by atoms with E-state index in [1.54, 1.807) is 6.92 Å². The van der Waals surface area contributed by atoms with Crippen LogP contribution in [0.1, 0.15) is 53.6 Å². The van der Waals surface area contributed by atoms with Crippen LogP contribution in [0.4, 0.5) is 26.3 Å². The van der Waals surface area contributed by atoms with Crippen molar-refractivity contribution < 1.29 is 26.3 Å². The van der Waals surface area contributed by atoms with Gasteiger partial charge in [0.25, 0.3) is 0 Å². The van der Waals surface area contributed by atoms with Crippen LogP contribution in [0.15, 0.2) is 36.4 Å². The molecule has 0 amide bonds. The third-order valence-corrected chi connectivity index (χ3v) is 4.84. The lowest BCUT2D eigenvalue weighted by atomic mass is 10.1. The van der Waals surface area contributed by atoms with E-state index in [0.717, 1.165) is 24.3 Å². The van der Waals surface area contributed by atoms with Crippen LogP contribution < -0.4 is 0 Å². The van der Waals surface area contributed by atoms with Gasteiger partial charge in [-0.3, -0.25) is 0 Å². The van der Waals surface area contributed by atoms with Crippen LogP contribution in [0.3, 0.4) is 0 Å². The lowest BCUT2D eigenvalue weighted by Crippen LogP contribution is -1.96. The molecule has 0 aliphatic heterocycles. The molecule has 0 N–H and O–H groups in total. The molecule has 33 heavy (non-hydrogen) atoms. The van der Waals surface area contributed by atoms with Crippen molar-refractivity contribution in [1.29, 1.82) is 0 Å². The summed E-state index contributed by atoms with van der Waals surface area (Å²) in [7, 11) is 0. The largest absolute Gasteiger partial charge is 0.207 e. The van der Waals surface area contributed by atoms with Crippen molar-refractivity contribution in [1.82, 2.24) is 0 Å². The number of hydrogen-bond donors (Lipinski definition) is 0. The molecule has 0 radical (unpaired) electrons. The van der Waals surface area contributed by atoms with Gasteiger partial charge in [0.2, 0.25) is 0 Å². The Morgan fingerprint density at radius 1 is 0.545 bits per heavy atom. The second kappa shape index (κ2) is 10.3. The number of rotatable bonds is 3. The molecule has 0 nitrogen and oxygen atoms in total. The van der Waals surface area contributed by atoms with Gasteiger partial charge in [0.1, 0.15) is 34.9 Å². The van der Waals surface area contributed by atoms with Gasteiger partial charge < -0.3 is 0 Å². The molecule has 0 saturated heterocycles. The number of aryl methyl sites for hydroxylation is 1. The first kappa shape index (κ1) is 24.0. The second-order valence-electron chi connectivity index (χ2n) is 7.27. The number of benzene rings is 3. The van der Waals surface area contributed by atoms with E-state index in [1.165, 1.54) is 12.1 Å². The van der Waals surface area contributed by atoms with Crippen LogP contribution in [0.2, 0.25) is 0 Å². The maximum atomic E-state index is 14.4. The Hall–Kier alpha value is -3.64. The molecule has 168 valence electrons. The minimum Gasteiger partial charge on any atom is -0.207 e. The van der Waals surface area contributed by atoms with E-state index in [1.807, 2.05) is 6.92 Å². The molecule has 0 fully saturated rings. The highest BCUT2D eigenvalue weighted by molar-refractivity contribution is 5.50. The average Bonchev–Trinajstić information content (AvgIpc) is 2.72. The first-order valence-electron chi connectivity index (χ1n) is 10.2. The molecular formula is C27H18F6. The fourth-order valence-electron chi connectivity index (χ4n) is 3.23. The summed E-state index contributed by atoms with van der Waals surface area (Å²) in [6, 6.07) is 6.05. The monoisotopic (exact) mass is 456 g/mol. The van der Waals surface area contributed by atoms with Gasteiger partial charge >= 0.3 is 0 Å². The predicted octanol–water partition coefficient (Wildman–Crippen LogP) is 6.84. The summed E-state index contributed by atoms with van der Waals surface area (Å²) in [5.41, 5.74) is -0.976. The maximum absolute atomic E-state index is 14.4. The zero-order chi connectivity index (χ0) is 24.1. The van der Waals surface area contributed by atoms with Gasteiger partial charge in [-0.05, 0) is 54.8 Å². The van der Waals surface area contributed by atoms with Crippen LogP contribution in [-0.2, 0) is 12.8 Å². The van der Waals surface area contributed by atoms with Crippen LogP contribution in [0.5, 0.6) is 0 Å². The van der Waals surface area contributed by atoms with Crippen molar-refractivity contribution in [3.8, 4) is 23.7 Å². The smallest absolute Gasteiger partial charge is 0.143 e. The molecule has 0 heterocycles. The first-order valence-corrected chi connectivity index (χ1v) is 10.2. The van der Waals surface area contributed by atoms with Gasteiger partial charge in [0, 0.05) is 16.7 Å². The van der Waals surface area contributed by atoms with Crippen LogP contribution in [0.25, 0.3) is 0 Å². The van der Waals surface area contributed by atoms with Gasteiger partial charge in [-0.25, -0.2) is 26.3 Å². The fraction of sp³-hybridized carbons (Fsp3) is 0.185. The first-order chi connectivity index (χ1) is 15.7. The van der Waals surface area contributed by atoms with Crippen LogP contribution >= 0.6 is 0 Å². The van der Waals surface area contributed by atoms with E-state index in [0.29, 0.717) is 18.4 Å². The summed E-state index contributed by atoms with van der Waals surface area (Å²) >= 11 is 0. The van der Waals surface area contributed by atoms with E-state index in [2.05, 4.69) is 23.7 Å². The Kier molecular flexibility index (Phi) is 7.51. The van der Waals surface area contributed by atoms with E-state index in [9.17, 15) is 26.3 Å². The number of halogens is 6. The van der Waals surface area contributed by atoms with Crippen LogP contribution in [-0.4, -0.2) is 0 Å². The van der Waals surface area contributed by atoms with Crippen molar-refractivity contribution >= 4 is 0 Å². The zero-order valence-corrected chi connectivity index (χ0v) is 17.9.